The summed E-state index contributed by atoms with van der Waals surface area (Å²) >= 11 is 0. The molecule has 0 atom stereocenters. The van der Waals surface area contributed by atoms with Crippen LogP contribution in [0, 0.1) is 6.92 Å². The topological polar surface area (TPSA) is 0 Å². The fourth-order valence-electron chi connectivity index (χ4n) is 8.41. The first-order valence-corrected chi connectivity index (χ1v) is 17.8. The average molecular weight is 647 g/mol. The van der Waals surface area contributed by atoms with Crippen molar-refractivity contribution in [3.05, 3.63) is 194 Å². The highest BCUT2D eigenvalue weighted by Gasteiger charge is 2.21. The number of hydrogen-bond donors (Lipinski definition) is 0. The molecule has 0 bridgehead atoms. The van der Waals surface area contributed by atoms with Gasteiger partial charge in [0, 0.05) is 0 Å². The van der Waals surface area contributed by atoms with E-state index in [1.807, 2.05) is 0 Å². The average Bonchev–Trinajstić information content (AvgIpc) is 3.19. The van der Waals surface area contributed by atoms with Crippen molar-refractivity contribution < 1.29 is 0 Å². The van der Waals surface area contributed by atoms with Crippen molar-refractivity contribution in [2.24, 2.45) is 0 Å². The van der Waals surface area contributed by atoms with Crippen LogP contribution in [0.5, 0.6) is 0 Å². The van der Waals surface area contributed by atoms with Gasteiger partial charge in [-0.15, -0.1) is 0 Å². The van der Waals surface area contributed by atoms with Gasteiger partial charge in [0.25, 0.3) is 0 Å². The molecule has 0 radical (unpaired) electrons. The van der Waals surface area contributed by atoms with Crippen LogP contribution in [0.1, 0.15) is 5.56 Å². The lowest BCUT2D eigenvalue weighted by Gasteiger charge is -2.21. The first-order valence-electron chi connectivity index (χ1n) is 17.8. The van der Waals surface area contributed by atoms with Gasteiger partial charge >= 0.3 is 0 Å². The first-order chi connectivity index (χ1) is 25.2. The van der Waals surface area contributed by atoms with Gasteiger partial charge in [0.05, 0.1) is 0 Å². The zero-order chi connectivity index (χ0) is 33.9. The maximum absolute atomic E-state index is 2.45. The Hall–Kier alpha value is -6.50. The van der Waals surface area contributed by atoms with Crippen molar-refractivity contribution in [3.63, 3.8) is 0 Å². The molecule has 0 N–H and O–H groups in total. The van der Waals surface area contributed by atoms with Crippen LogP contribution in [-0.4, -0.2) is 0 Å². The van der Waals surface area contributed by atoms with Gasteiger partial charge in [-0.2, -0.15) is 0 Å². The van der Waals surface area contributed by atoms with Crippen LogP contribution in [0.4, 0.5) is 0 Å². The van der Waals surface area contributed by atoms with E-state index in [1.54, 1.807) is 0 Å². The molecule has 0 nitrogen and oxygen atoms in total. The summed E-state index contributed by atoms with van der Waals surface area (Å²) in [5.74, 6) is 0. The molecule has 10 rings (SSSR count). The Morgan fingerprint density at radius 2 is 0.686 bits per heavy atom. The van der Waals surface area contributed by atoms with Gasteiger partial charge in [0.1, 0.15) is 0 Å². The molecular weight excluding hydrogens is 613 g/mol. The van der Waals surface area contributed by atoms with Crippen LogP contribution in [0.2, 0.25) is 0 Å². The Morgan fingerprint density at radius 1 is 0.235 bits per heavy atom. The van der Waals surface area contributed by atoms with Crippen molar-refractivity contribution in [1.82, 2.24) is 0 Å². The van der Waals surface area contributed by atoms with Crippen LogP contribution >= 0.6 is 0 Å². The fourth-order valence-corrected chi connectivity index (χ4v) is 8.41. The van der Waals surface area contributed by atoms with Crippen molar-refractivity contribution in [1.29, 1.82) is 0 Å². The molecule has 0 aliphatic heterocycles. The summed E-state index contributed by atoms with van der Waals surface area (Å²) in [7, 11) is 0. The maximum Gasteiger partial charge on any atom is -0.00203 e. The Morgan fingerprint density at radius 3 is 1.35 bits per heavy atom. The summed E-state index contributed by atoms with van der Waals surface area (Å²) in [6.45, 7) is 2.20. The number of benzene rings is 10. The van der Waals surface area contributed by atoms with E-state index < -0.39 is 0 Å². The second-order valence-electron chi connectivity index (χ2n) is 13.7. The van der Waals surface area contributed by atoms with E-state index in [0.29, 0.717) is 0 Å². The summed E-state index contributed by atoms with van der Waals surface area (Å²) in [4.78, 5) is 0. The minimum absolute atomic E-state index is 1.23. The van der Waals surface area contributed by atoms with E-state index in [9.17, 15) is 0 Å². The quantitative estimate of drug-likeness (QED) is 0.132. The number of rotatable bonds is 4. The van der Waals surface area contributed by atoms with Crippen LogP contribution in [0.25, 0.3) is 98.4 Å². The van der Waals surface area contributed by atoms with E-state index in [4.69, 9.17) is 0 Å². The summed E-state index contributed by atoms with van der Waals surface area (Å²) in [6.07, 6.45) is 0. The second-order valence-corrected chi connectivity index (χ2v) is 13.7. The van der Waals surface area contributed by atoms with Gasteiger partial charge in [0.15, 0.2) is 0 Å². The molecule has 0 heterocycles. The zero-order valence-electron chi connectivity index (χ0n) is 28.4. The minimum Gasteiger partial charge on any atom is -0.0622 e. The molecule has 0 spiro atoms. The number of hydrogen-bond acceptors (Lipinski definition) is 0. The van der Waals surface area contributed by atoms with Gasteiger partial charge in [-0.1, -0.05) is 181 Å². The highest BCUT2D eigenvalue weighted by molar-refractivity contribution is 6.25. The molecule has 10 aromatic carbocycles. The molecule has 0 heteroatoms. The van der Waals surface area contributed by atoms with Crippen molar-refractivity contribution in [2.45, 2.75) is 6.92 Å². The molecule has 0 unspecified atom stereocenters. The summed E-state index contributed by atoms with van der Waals surface area (Å²) in [5.41, 5.74) is 11.3. The predicted octanol–water partition coefficient (Wildman–Crippen LogP) is 14.4. The maximum atomic E-state index is 2.45. The van der Waals surface area contributed by atoms with E-state index in [1.165, 1.54) is 104 Å². The lowest BCUT2D eigenvalue weighted by Crippen LogP contribution is -1.94. The Kier molecular flexibility index (Phi) is 6.82. The summed E-state index contributed by atoms with van der Waals surface area (Å²) in [5, 5.41) is 12.7. The van der Waals surface area contributed by atoms with Gasteiger partial charge in [-0.05, 0) is 117 Å². The van der Waals surface area contributed by atoms with Crippen molar-refractivity contribution in [3.8, 4) is 44.5 Å². The molecule has 0 aliphatic rings. The van der Waals surface area contributed by atoms with Gasteiger partial charge in [-0.25, -0.2) is 0 Å². The second kappa shape index (κ2) is 11.8. The highest BCUT2D eigenvalue weighted by Crippen LogP contribution is 2.48. The van der Waals surface area contributed by atoms with E-state index >= 15 is 0 Å². The molecule has 0 amide bonds. The fraction of sp³-hybridized carbons (Fsp3) is 0.0196. The molecule has 51 heavy (non-hydrogen) atoms. The SMILES string of the molecule is Cc1ccc2c(-c3ccc4c(-c5ccccc5)c(-c5ccccc5)c5ccccc5c4c3)c3ccccc3c(-c3ccc4ccccc4c3)c2c1. The Labute approximate surface area is 297 Å². The summed E-state index contributed by atoms with van der Waals surface area (Å²) < 4.78 is 0. The van der Waals surface area contributed by atoms with Gasteiger partial charge in [0.2, 0.25) is 0 Å². The predicted molar refractivity (Wildman–Crippen MR) is 220 cm³/mol. The molecule has 10 aromatic rings. The van der Waals surface area contributed by atoms with Crippen LogP contribution < -0.4 is 0 Å². The normalized spacial score (nSPS) is 11.6. The monoisotopic (exact) mass is 646 g/mol. The lowest BCUT2D eigenvalue weighted by molar-refractivity contribution is 1.51. The molecule has 0 aliphatic carbocycles. The van der Waals surface area contributed by atoms with Crippen molar-refractivity contribution >= 4 is 53.9 Å². The third-order valence-electron chi connectivity index (χ3n) is 10.7. The van der Waals surface area contributed by atoms with Crippen LogP contribution in [0.15, 0.2) is 188 Å². The third-order valence-corrected chi connectivity index (χ3v) is 10.7. The molecule has 0 fully saturated rings. The highest BCUT2D eigenvalue weighted by atomic mass is 14.2. The standard InChI is InChI=1S/C51H34/c1-33-24-28-45-47(30-33)49(38-26-25-34-14-8-9-19-37(34)31-38)43-23-13-12-22-42(43)48(45)39-27-29-44-46(32-39)40-20-10-11-21-41(40)50(35-15-4-2-5-16-35)51(44)36-17-6-3-7-18-36/h2-32H,1H3. The number of fused-ring (bicyclic) bond motifs is 6. The van der Waals surface area contributed by atoms with Crippen LogP contribution in [-0.2, 0) is 0 Å². The van der Waals surface area contributed by atoms with E-state index in [-0.39, 0.29) is 0 Å². The largest absolute Gasteiger partial charge is 0.0622 e. The van der Waals surface area contributed by atoms with Crippen molar-refractivity contribution in [2.75, 3.05) is 0 Å². The smallest absolute Gasteiger partial charge is 0.00203 e. The molecule has 0 aromatic heterocycles. The molecule has 0 saturated heterocycles. The van der Waals surface area contributed by atoms with Gasteiger partial charge in [-0.3, -0.25) is 0 Å². The Balaban J connectivity index is 1.31. The zero-order valence-corrected chi connectivity index (χ0v) is 28.4. The van der Waals surface area contributed by atoms with Crippen LogP contribution in [0.3, 0.4) is 0 Å². The number of aryl methyl sites for hydroxylation is 1. The molecule has 0 saturated carbocycles. The van der Waals surface area contributed by atoms with E-state index in [0.717, 1.165) is 0 Å². The van der Waals surface area contributed by atoms with Gasteiger partial charge < -0.3 is 0 Å². The molecular formula is C51H34. The first kappa shape index (κ1) is 29.4. The third kappa shape index (κ3) is 4.76. The minimum atomic E-state index is 1.23. The summed E-state index contributed by atoms with van der Waals surface area (Å²) in [6, 6.07) is 69.4. The van der Waals surface area contributed by atoms with E-state index in [2.05, 4.69) is 195 Å². The lowest BCUT2D eigenvalue weighted by atomic mass is 9.82. The Bertz CT molecular complexity index is 2950. The molecule has 238 valence electrons.